The lowest BCUT2D eigenvalue weighted by molar-refractivity contribution is 1.07. The quantitative estimate of drug-likeness (QED) is 0.169. The first-order valence-corrected chi connectivity index (χ1v) is 17.6. The maximum atomic E-state index is 5.17. The van der Waals surface area contributed by atoms with Crippen molar-refractivity contribution in [3.63, 3.8) is 0 Å². The first-order valence-electron chi connectivity index (χ1n) is 16.8. The van der Waals surface area contributed by atoms with Crippen LogP contribution in [0.4, 0.5) is 0 Å². The van der Waals surface area contributed by atoms with E-state index in [4.69, 9.17) is 24.9 Å². The summed E-state index contributed by atoms with van der Waals surface area (Å²) in [6.45, 7) is 0. The summed E-state index contributed by atoms with van der Waals surface area (Å²) in [4.78, 5) is 26.2. The Hall–Kier alpha value is -6.63. The second-order valence-corrected chi connectivity index (χ2v) is 13.2. The lowest BCUT2D eigenvalue weighted by Gasteiger charge is -2.13. The fourth-order valence-corrected chi connectivity index (χ4v) is 7.28. The highest BCUT2D eigenvalue weighted by atomic mass is 32.1. The van der Waals surface area contributed by atoms with Crippen LogP contribution in [0.3, 0.4) is 0 Å². The van der Waals surface area contributed by atoms with Crippen molar-refractivity contribution < 1.29 is 0 Å². The van der Waals surface area contributed by atoms with E-state index in [9.17, 15) is 0 Å². The Bertz CT molecular complexity index is 2550. The Kier molecular flexibility index (Phi) is 7.97. The van der Waals surface area contributed by atoms with Crippen molar-refractivity contribution >= 4 is 21.4 Å². The largest absolute Gasteiger partial charge is 0.228 e. The molecular weight excluding hydrogens is 643 g/mol. The SMILES string of the molecule is c1ccc(-c2nc(-c3cc4ccccc4s3)cc(-c3ccccc3-c3cccc(-c4nc(-c5ccccc5)nc(-c5ccccc5)n4)c3)n2)cc1. The van der Waals surface area contributed by atoms with Crippen LogP contribution >= 0.6 is 11.3 Å². The molecule has 0 aliphatic heterocycles. The Labute approximate surface area is 299 Å². The molecule has 0 unspecified atom stereocenters. The fraction of sp³-hybridized carbons (Fsp3) is 0. The molecule has 0 bridgehead atoms. The van der Waals surface area contributed by atoms with E-state index in [-0.39, 0.29) is 0 Å². The smallest absolute Gasteiger partial charge is 0.164 e. The molecule has 51 heavy (non-hydrogen) atoms. The van der Waals surface area contributed by atoms with Gasteiger partial charge in [-0.1, -0.05) is 152 Å². The molecule has 0 amide bonds. The van der Waals surface area contributed by atoms with Crippen LogP contribution in [0.25, 0.3) is 88.6 Å². The van der Waals surface area contributed by atoms with Gasteiger partial charge in [0.1, 0.15) is 0 Å². The number of fused-ring (bicyclic) bond motifs is 1. The highest BCUT2D eigenvalue weighted by Crippen LogP contribution is 2.38. The standard InChI is InChI=1S/C45H29N5S/c1-4-15-30(16-5-1)42-46-38(29-39(47-42)41-28-34-21-10-13-26-40(34)51-41)37-25-12-11-24-36(37)33-22-14-23-35(27-33)45-49-43(31-17-6-2-7-18-31)48-44(50-45)32-19-8-3-9-20-32/h1-29H. The second-order valence-electron chi connectivity index (χ2n) is 12.1. The molecule has 3 aromatic heterocycles. The van der Waals surface area contributed by atoms with Crippen molar-refractivity contribution in [3.05, 3.63) is 176 Å². The van der Waals surface area contributed by atoms with E-state index in [2.05, 4.69) is 97.1 Å². The van der Waals surface area contributed by atoms with E-state index < -0.39 is 0 Å². The lowest BCUT2D eigenvalue weighted by Crippen LogP contribution is -2.00. The van der Waals surface area contributed by atoms with Crippen LogP contribution < -0.4 is 0 Å². The van der Waals surface area contributed by atoms with Crippen LogP contribution in [-0.4, -0.2) is 24.9 Å². The maximum absolute atomic E-state index is 5.17. The third-order valence-corrected chi connectivity index (χ3v) is 9.91. The van der Waals surface area contributed by atoms with Crippen LogP contribution in [0.5, 0.6) is 0 Å². The normalized spacial score (nSPS) is 11.1. The zero-order valence-corrected chi connectivity index (χ0v) is 28.2. The predicted molar refractivity (Wildman–Crippen MR) is 209 cm³/mol. The molecule has 5 nitrogen and oxygen atoms in total. The monoisotopic (exact) mass is 671 g/mol. The molecule has 0 spiro atoms. The third kappa shape index (κ3) is 6.21. The van der Waals surface area contributed by atoms with Gasteiger partial charge in [0.25, 0.3) is 0 Å². The molecule has 9 rings (SSSR count). The number of hydrogen-bond acceptors (Lipinski definition) is 6. The van der Waals surface area contributed by atoms with Gasteiger partial charge in [-0.15, -0.1) is 11.3 Å². The number of benzene rings is 6. The van der Waals surface area contributed by atoms with Gasteiger partial charge in [-0.2, -0.15) is 0 Å². The van der Waals surface area contributed by atoms with E-state index in [0.717, 1.165) is 55.2 Å². The van der Waals surface area contributed by atoms with Crippen LogP contribution in [-0.2, 0) is 0 Å². The summed E-state index contributed by atoms with van der Waals surface area (Å²) in [5, 5.41) is 1.21. The minimum Gasteiger partial charge on any atom is -0.228 e. The summed E-state index contributed by atoms with van der Waals surface area (Å²) in [6.07, 6.45) is 0. The van der Waals surface area contributed by atoms with Gasteiger partial charge in [-0.25, -0.2) is 24.9 Å². The second kappa shape index (κ2) is 13.3. The molecule has 0 fully saturated rings. The number of thiophene rings is 1. The van der Waals surface area contributed by atoms with E-state index in [1.807, 2.05) is 78.9 Å². The molecule has 0 aliphatic carbocycles. The Morgan fingerprint density at radius 2 is 0.784 bits per heavy atom. The number of hydrogen-bond donors (Lipinski definition) is 0. The summed E-state index contributed by atoms with van der Waals surface area (Å²) in [5.41, 5.74) is 8.61. The van der Waals surface area contributed by atoms with Crippen molar-refractivity contribution in [3.8, 4) is 78.5 Å². The maximum Gasteiger partial charge on any atom is 0.164 e. The van der Waals surface area contributed by atoms with Crippen molar-refractivity contribution in [2.45, 2.75) is 0 Å². The van der Waals surface area contributed by atoms with Gasteiger partial charge in [0.2, 0.25) is 0 Å². The first-order chi connectivity index (χ1) is 25.2. The Balaban J connectivity index is 1.18. The van der Waals surface area contributed by atoms with Crippen molar-refractivity contribution in [1.82, 2.24) is 24.9 Å². The van der Waals surface area contributed by atoms with Gasteiger partial charge in [-0.05, 0) is 40.8 Å². The molecule has 0 atom stereocenters. The van der Waals surface area contributed by atoms with Gasteiger partial charge < -0.3 is 0 Å². The third-order valence-electron chi connectivity index (χ3n) is 8.77. The minimum atomic E-state index is 0.613. The molecule has 0 saturated heterocycles. The van der Waals surface area contributed by atoms with Crippen molar-refractivity contribution in [1.29, 1.82) is 0 Å². The lowest BCUT2D eigenvalue weighted by atomic mass is 9.95. The van der Waals surface area contributed by atoms with Crippen molar-refractivity contribution in [2.24, 2.45) is 0 Å². The highest BCUT2D eigenvalue weighted by molar-refractivity contribution is 7.22. The summed E-state index contributed by atoms with van der Waals surface area (Å²) in [6, 6.07) is 59.9. The molecule has 0 aliphatic rings. The van der Waals surface area contributed by atoms with Gasteiger partial charge in [-0.3, -0.25) is 0 Å². The topological polar surface area (TPSA) is 64.5 Å². The zero-order chi connectivity index (χ0) is 34.0. The Morgan fingerprint density at radius 3 is 1.41 bits per heavy atom. The van der Waals surface area contributed by atoms with Crippen LogP contribution in [0.1, 0.15) is 0 Å². The molecule has 6 heteroatoms. The van der Waals surface area contributed by atoms with Gasteiger partial charge in [0.05, 0.1) is 16.3 Å². The van der Waals surface area contributed by atoms with E-state index in [0.29, 0.717) is 23.3 Å². The average Bonchev–Trinajstić information content (AvgIpc) is 3.66. The van der Waals surface area contributed by atoms with E-state index >= 15 is 0 Å². The van der Waals surface area contributed by atoms with Crippen LogP contribution in [0.15, 0.2) is 176 Å². The molecule has 0 saturated carbocycles. The number of aromatic nitrogens is 5. The molecule has 6 aromatic carbocycles. The average molecular weight is 672 g/mol. The summed E-state index contributed by atoms with van der Waals surface area (Å²) in [5.74, 6) is 2.57. The molecule has 240 valence electrons. The summed E-state index contributed by atoms with van der Waals surface area (Å²) >= 11 is 1.75. The first kappa shape index (κ1) is 30.4. The van der Waals surface area contributed by atoms with E-state index in [1.54, 1.807) is 11.3 Å². The van der Waals surface area contributed by atoms with Gasteiger partial charge in [0, 0.05) is 32.5 Å². The van der Waals surface area contributed by atoms with Gasteiger partial charge >= 0.3 is 0 Å². The van der Waals surface area contributed by atoms with Gasteiger partial charge in [0.15, 0.2) is 23.3 Å². The van der Waals surface area contributed by atoms with Crippen LogP contribution in [0.2, 0.25) is 0 Å². The predicted octanol–water partition coefficient (Wildman–Crippen LogP) is 11.5. The zero-order valence-electron chi connectivity index (χ0n) is 27.4. The van der Waals surface area contributed by atoms with E-state index in [1.165, 1.54) is 10.1 Å². The molecule has 0 radical (unpaired) electrons. The molecule has 0 N–H and O–H groups in total. The minimum absolute atomic E-state index is 0.613. The molecular formula is C45H29N5S. The highest BCUT2D eigenvalue weighted by Gasteiger charge is 2.17. The fourth-order valence-electron chi connectivity index (χ4n) is 6.26. The molecule has 9 aromatic rings. The number of nitrogens with zero attached hydrogens (tertiary/aromatic N) is 5. The summed E-state index contributed by atoms with van der Waals surface area (Å²) in [7, 11) is 0. The van der Waals surface area contributed by atoms with Crippen molar-refractivity contribution in [2.75, 3.05) is 0 Å². The molecule has 3 heterocycles. The Morgan fingerprint density at radius 1 is 0.314 bits per heavy atom. The number of rotatable bonds is 7. The van der Waals surface area contributed by atoms with Crippen LogP contribution in [0, 0.1) is 0 Å². The summed E-state index contributed by atoms with van der Waals surface area (Å²) < 4.78 is 1.23.